The van der Waals surface area contributed by atoms with Crippen LogP contribution in [0.15, 0.2) is 59.5 Å². The lowest BCUT2D eigenvalue weighted by Gasteiger charge is -2.29. The first-order valence-corrected chi connectivity index (χ1v) is 13.9. The van der Waals surface area contributed by atoms with Crippen LogP contribution in [-0.2, 0) is 23.6 Å². The molecular weight excluding hydrogens is 506 g/mol. The lowest BCUT2D eigenvalue weighted by molar-refractivity contribution is 0.221. The summed E-state index contributed by atoms with van der Waals surface area (Å²) in [6.07, 6.45) is -0.586. The van der Waals surface area contributed by atoms with E-state index in [1.54, 1.807) is 50.2 Å². The molecule has 0 bridgehead atoms. The van der Waals surface area contributed by atoms with Crippen molar-refractivity contribution in [1.29, 1.82) is 5.26 Å². The fourth-order valence-corrected chi connectivity index (χ4v) is 7.77. The molecule has 7 nitrogen and oxygen atoms in total. The molecule has 0 heterocycles. The van der Waals surface area contributed by atoms with Crippen LogP contribution in [0.25, 0.3) is 10.8 Å². The first-order valence-electron chi connectivity index (χ1n) is 9.94. The van der Waals surface area contributed by atoms with Crippen LogP contribution in [0.1, 0.15) is 19.4 Å². The van der Waals surface area contributed by atoms with E-state index >= 15 is 0 Å². The number of fused-ring (bicyclic) bond motifs is 1. The number of benzene rings is 3. The van der Waals surface area contributed by atoms with Crippen LogP contribution in [-0.4, -0.2) is 27.9 Å². The topological polar surface area (TPSA) is 96.7 Å². The number of rotatable bonds is 9. The Balaban J connectivity index is 2.30. The monoisotopic (exact) mass is 526 g/mol. The van der Waals surface area contributed by atoms with Crippen molar-refractivity contribution >= 4 is 57.3 Å². The van der Waals surface area contributed by atoms with E-state index < -0.39 is 23.9 Å². The number of halogens is 2. The van der Waals surface area contributed by atoms with Crippen molar-refractivity contribution in [3.63, 3.8) is 0 Å². The molecule has 3 rings (SSSR count). The number of sulfonamides is 1. The van der Waals surface area contributed by atoms with E-state index in [1.807, 2.05) is 0 Å². The summed E-state index contributed by atoms with van der Waals surface area (Å²) in [4.78, 5) is -0.187. The van der Waals surface area contributed by atoms with Crippen molar-refractivity contribution in [1.82, 2.24) is 0 Å². The summed E-state index contributed by atoms with van der Waals surface area (Å²) in [5.41, 5.74) is 0.579. The molecule has 0 fully saturated rings. The summed E-state index contributed by atoms with van der Waals surface area (Å²) in [6, 6.07) is 15.9. The van der Waals surface area contributed by atoms with E-state index in [-0.39, 0.29) is 33.8 Å². The lowest BCUT2D eigenvalue weighted by atomic mass is 10.0. The molecule has 0 aliphatic carbocycles. The normalized spacial score (nSPS) is 12.0. The Hall–Kier alpha value is -2.11. The molecule has 0 amide bonds. The molecule has 0 saturated heterocycles. The van der Waals surface area contributed by atoms with E-state index in [1.165, 1.54) is 18.2 Å². The number of hydrogen-bond acceptors (Lipinski definition) is 6. The van der Waals surface area contributed by atoms with Gasteiger partial charge >= 0.3 is 7.60 Å². The molecule has 0 radical (unpaired) electrons. The third-order valence-electron chi connectivity index (χ3n) is 4.67. The zero-order valence-corrected chi connectivity index (χ0v) is 21.1. The minimum atomic E-state index is -4.33. The zero-order chi connectivity index (χ0) is 24.2. The first-order chi connectivity index (χ1) is 15.6. The van der Waals surface area contributed by atoms with Gasteiger partial charge in [0.15, 0.2) is 0 Å². The van der Waals surface area contributed by atoms with Crippen molar-refractivity contribution in [2.24, 2.45) is 0 Å². The van der Waals surface area contributed by atoms with Crippen LogP contribution < -0.4 is 4.31 Å². The molecule has 3 aromatic rings. The quantitative estimate of drug-likeness (QED) is 0.297. The van der Waals surface area contributed by atoms with E-state index in [9.17, 15) is 18.2 Å². The highest BCUT2D eigenvalue weighted by Crippen LogP contribution is 2.51. The maximum atomic E-state index is 13.8. The molecule has 3 aromatic carbocycles. The van der Waals surface area contributed by atoms with Crippen LogP contribution in [0.5, 0.6) is 0 Å². The Morgan fingerprint density at radius 2 is 1.55 bits per heavy atom. The third kappa shape index (κ3) is 5.52. The maximum Gasteiger partial charge on any atom is 0.350 e. The average molecular weight is 527 g/mol. The smallest absolute Gasteiger partial charge is 0.308 e. The highest BCUT2D eigenvalue weighted by atomic mass is 35.5. The van der Waals surface area contributed by atoms with Crippen LogP contribution in [0.4, 0.5) is 5.69 Å². The molecule has 0 spiro atoms. The summed E-state index contributed by atoms with van der Waals surface area (Å²) in [6.45, 7) is 3.39. The van der Waals surface area contributed by atoms with Gasteiger partial charge in [0.25, 0.3) is 10.0 Å². The third-order valence-corrected chi connectivity index (χ3v) is 8.96. The second-order valence-electron chi connectivity index (χ2n) is 6.84. The van der Waals surface area contributed by atoms with Gasteiger partial charge in [-0.3, -0.25) is 8.87 Å². The van der Waals surface area contributed by atoms with Crippen LogP contribution >= 0.6 is 30.8 Å². The number of nitriles is 1. The highest BCUT2D eigenvalue weighted by molar-refractivity contribution is 7.93. The second-order valence-corrected chi connectivity index (χ2v) is 11.6. The van der Waals surface area contributed by atoms with E-state index in [0.29, 0.717) is 16.3 Å². The Morgan fingerprint density at radius 3 is 2.12 bits per heavy atom. The number of anilines is 1. The van der Waals surface area contributed by atoms with E-state index in [4.69, 9.17) is 32.2 Å². The van der Waals surface area contributed by atoms with Gasteiger partial charge in [-0.2, -0.15) is 5.26 Å². The van der Waals surface area contributed by atoms with Crippen molar-refractivity contribution < 1.29 is 22.0 Å². The Kier molecular flexibility index (Phi) is 8.07. The fraction of sp³-hybridized carbons (Fsp3) is 0.227. The van der Waals surface area contributed by atoms with E-state index in [2.05, 4.69) is 6.07 Å². The minimum Gasteiger partial charge on any atom is -0.308 e. The minimum absolute atomic E-state index is 0.0578. The summed E-state index contributed by atoms with van der Waals surface area (Å²) < 4.78 is 52.8. The number of nitrogens with zero attached hydrogens (tertiary/aromatic N) is 2. The maximum absolute atomic E-state index is 13.8. The van der Waals surface area contributed by atoms with Crippen LogP contribution in [0.2, 0.25) is 10.0 Å². The molecule has 0 unspecified atom stereocenters. The Labute approximate surface area is 203 Å². The fourth-order valence-electron chi connectivity index (χ4n) is 3.36. The van der Waals surface area contributed by atoms with Crippen molar-refractivity contribution in [2.75, 3.05) is 23.8 Å². The predicted molar refractivity (Wildman–Crippen MR) is 131 cm³/mol. The van der Waals surface area contributed by atoms with Crippen LogP contribution in [0.3, 0.4) is 0 Å². The molecule has 0 aliphatic heterocycles. The van der Waals surface area contributed by atoms with Crippen molar-refractivity contribution in [3.8, 4) is 6.07 Å². The molecule has 11 heteroatoms. The molecule has 0 aliphatic rings. The summed E-state index contributed by atoms with van der Waals surface area (Å²) >= 11 is 12.1. The van der Waals surface area contributed by atoms with Gasteiger partial charge in [0.05, 0.1) is 35.4 Å². The zero-order valence-electron chi connectivity index (χ0n) is 17.9. The largest absolute Gasteiger partial charge is 0.350 e. The number of hydrogen-bond donors (Lipinski definition) is 0. The SMILES string of the molecule is CCOP(=O)(CN(c1cccc2c(C#N)cccc12)S(=O)(=O)c1cc(Cl)cc(Cl)c1)OCC. The second kappa shape index (κ2) is 10.4. The van der Waals surface area contributed by atoms with Gasteiger partial charge in [-0.1, -0.05) is 47.5 Å². The molecule has 33 heavy (non-hydrogen) atoms. The Morgan fingerprint density at radius 1 is 0.970 bits per heavy atom. The van der Waals surface area contributed by atoms with Crippen molar-refractivity contribution in [3.05, 3.63) is 70.2 Å². The predicted octanol–water partition coefficient (Wildman–Crippen LogP) is 6.44. The summed E-state index contributed by atoms with van der Waals surface area (Å²) in [7, 11) is -8.19. The molecular formula is C22H21Cl2N2O5PS. The molecule has 174 valence electrons. The summed E-state index contributed by atoms with van der Waals surface area (Å²) in [5.74, 6) is 0. The van der Waals surface area contributed by atoms with Gasteiger partial charge < -0.3 is 9.05 Å². The van der Waals surface area contributed by atoms with Gasteiger partial charge in [-0.05, 0) is 44.2 Å². The summed E-state index contributed by atoms with van der Waals surface area (Å²) in [5, 5.41) is 10.8. The standard InChI is InChI=1S/C22H21Cl2N2O5PS/c1-3-30-32(27,31-4-2)15-26(33(28,29)19-12-17(23)11-18(24)13-19)22-10-6-8-20-16(14-25)7-5-9-21(20)22/h5-13H,3-4,15H2,1-2H3. The Bertz CT molecular complexity index is 1340. The van der Waals surface area contributed by atoms with Gasteiger partial charge in [0.1, 0.15) is 6.29 Å². The van der Waals surface area contributed by atoms with Gasteiger partial charge in [-0.25, -0.2) is 8.42 Å². The first kappa shape index (κ1) is 25.5. The van der Waals surface area contributed by atoms with Crippen molar-refractivity contribution in [2.45, 2.75) is 18.7 Å². The molecule has 0 aromatic heterocycles. The van der Waals surface area contributed by atoms with Crippen LogP contribution in [0, 0.1) is 11.3 Å². The lowest BCUT2D eigenvalue weighted by Crippen LogP contribution is -2.33. The van der Waals surface area contributed by atoms with Gasteiger partial charge in [0, 0.05) is 20.8 Å². The molecule has 0 atom stereocenters. The van der Waals surface area contributed by atoms with Gasteiger partial charge in [0.2, 0.25) is 0 Å². The molecule has 0 N–H and O–H groups in total. The molecule has 0 saturated carbocycles. The van der Waals surface area contributed by atoms with Gasteiger partial charge in [-0.15, -0.1) is 0 Å². The van der Waals surface area contributed by atoms with E-state index in [0.717, 1.165) is 4.31 Å². The average Bonchev–Trinajstić information content (AvgIpc) is 2.76. The highest BCUT2D eigenvalue weighted by Gasteiger charge is 2.36.